The Morgan fingerprint density at radius 1 is 1.36 bits per heavy atom. The van der Waals surface area contributed by atoms with Crippen LogP contribution in [0.25, 0.3) is 10.9 Å². The molecule has 7 heteroatoms. The van der Waals surface area contributed by atoms with Gasteiger partial charge in [-0.15, -0.1) is 0 Å². The Hall–Kier alpha value is -2.67. The highest BCUT2D eigenvalue weighted by Gasteiger charge is 2.22. The van der Waals surface area contributed by atoms with Gasteiger partial charge in [-0.25, -0.2) is 9.18 Å². The molecule has 0 spiro atoms. The standard InChI is InChI=1S/C18H19FN4O2/c19-5-8-23-7-3-13(21-23)10-22-6-4-17-15(11-22)14-9-12(18(24)25)1-2-16(14)20-17/h1-3,7,9,20H,4-6,8,10-11H2,(H,24,25). The van der Waals surface area contributed by atoms with Gasteiger partial charge in [0.25, 0.3) is 0 Å². The van der Waals surface area contributed by atoms with E-state index in [9.17, 15) is 14.3 Å². The second kappa shape index (κ2) is 6.33. The molecule has 2 N–H and O–H groups in total. The molecule has 130 valence electrons. The predicted octanol–water partition coefficient (Wildman–Crippen LogP) is 2.59. The van der Waals surface area contributed by atoms with Crippen LogP contribution in [0.2, 0.25) is 0 Å². The van der Waals surface area contributed by atoms with Crippen molar-refractivity contribution < 1.29 is 14.3 Å². The maximum absolute atomic E-state index is 12.4. The first-order valence-corrected chi connectivity index (χ1v) is 8.31. The second-order valence-electron chi connectivity index (χ2n) is 6.37. The Morgan fingerprint density at radius 3 is 3.04 bits per heavy atom. The summed E-state index contributed by atoms with van der Waals surface area (Å²) in [5.41, 5.74) is 4.53. The molecule has 25 heavy (non-hydrogen) atoms. The first-order chi connectivity index (χ1) is 12.1. The van der Waals surface area contributed by atoms with Crippen molar-refractivity contribution in [3.05, 3.63) is 53.0 Å². The van der Waals surface area contributed by atoms with E-state index < -0.39 is 12.6 Å². The number of halogens is 1. The van der Waals surface area contributed by atoms with Crippen molar-refractivity contribution in [3.63, 3.8) is 0 Å². The molecule has 0 unspecified atom stereocenters. The number of hydrogen-bond acceptors (Lipinski definition) is 3. The van der Waals surface area contributed by atoms with Gasteiger partial charge in [-0.05, 0) is 29.8 Å². The summed E-state index contributed by atoms with van der Waals surface area (Å²) in [5, 5.41) is 14.6. The number of nitrogens with one attached hydrogen (secondary N) is 1. The number of aromatic nitrogens is 3. The van der Waals surface area contributed by atoms with E-state index in [1.165, 1.54) is 5.69 Å². The number of aromatic amines is 1. The summed E-state index contributed by atoms with van der Waals surface area (Å²) < 4.78 is 14.0. The quantitative estimate of drug-likeness (QED) is 0.747. The van der Waals surface area contributed by atoms with E-state index in [0.717, 1.165) is 41.7 Å². The lowest BCUT2D eigenvalue weighted by Gasteiger charge is -2.26. The molecule has 1 aromatic carbocycles. The predicted molar refractivity (Wildman–Crippen MR) is 91.3 cm³/mol. The largest absolute Gasteiger partial charge is 0.478 e. The average Bonchev–Trinajstić information content (AvgIpc) is 3.18. The number of carbonyl (C=O) groups is 1. The molecule has 3 heterocycles. The number of hydrogen-bond donors (Lipinski definition) is 2. The van der Waals surface area contributed by atoms with Crippen molar-refractivity contribution in [2.75, 3.05) is 13.2 Å². The highest BCUT2D eigenvalue weighted by atomic mass is 19.1. The van der Waals surface area contributed by atoms with E-state index in [-0.39, 0.29) is 6.54 Å². The van der Waals surface area contributed by atoms with E-state index in [2.05, 4.69) is 15.0 Å². The van der Waals surface area contributed by atoms with Gasteiger partial charge < -0.3 is 10.1 Å². The van der Waals surface area contributed by atoms with Crippen LogP contribution in [0.4, 0.5) is 4.39 Å². The first kappa shape index (κ1) is 15.8. The van der Waals surface area contributed by atoms with Gasteiger partial charge in [0.2, 0.25) is 0 Å². The lowest BCUT2D eigenvalue weighted by Crippen LogP contribution is -2.30. The van der Waals surface area contributed by atoms with Crippen LogP contribution >= 0.6 is 0 Å². The van der Waals surface area contributed by atoms with E-state index in [1.807, 2.05) is 12.1 Å². The fourth-order valence-electron chi connectivity index (χ4n) is 3.47. The third kappa shape index (κ3) is 3.02. The van der Waals surface area contributed by atoms with Crippen LogP contribution < -0.4 is 0 Å². The van der Waals surface area contributed by atoms with Gasteiger partial charge in [0.1, 0.15) is 6.67 Å². The summed E-state index contributed by atoms with van der Waals surface area (Å²) >= 11 is 0. The number of H-pyrrole nitrogens is 1. The number of rotatable bonds is 5. The van der Waals surface area contributed by atoms with Crippen LogP contribution in [-0.4, -0.2) is 44.0 Å². The minimum atomic E-state index is -0.914. The van der Waals surface area contributed by atoms with Crippen molar-refractivity contribution >= 4 is 16.9 Å². The van der Waals surface area contributed by atoms with Gasteiger partial charge in [-0.1, -0.05) is 0 Å². The Balaban J connectivity index is 1.57. The monoisotopic (exact) mass is 342 g/mol. The van der Waals surface area contributed by atoms with Crippen LogP contribution in [0.5, 0.6) is 0 Å². The van der Waals surface area contributed by atoms with Crippen molar-refractivity contribution in [2.45, 2.75) is 26.1 Å². The summed E-state index contributed by atoms with van der Waals surface area (Å²) in [7, 11) is 0. The average molecular weight is 342 g/mol. The Morgan fingerprint density at radius 2 is 2.24 bits per heavy atom. The molecular weight excluding hydrogens is 323 g/mol. The molecule has 1 aliphatic rings. The van der Waals surface area contributed by atoms with E-state index in [0.29, 0.717) is 12.1 Å². The number of benzene rings is 1. The lowest BCUT2D eigenvalue weighted by atomic mass is 10.0. The molecule has 0 saturated carbocycles. The zero-order valence-electron chi connectivity index (χ0n) is 13.7. The Labute approximate surface area is 143 Å². The zero-order chi connectivity index (χ0) is 17.4. The van der Waals surface area contributed by atoms with Gasteiger partial charge in [0.15, 0.2) is 0 Å². The van der Waals surface area contributed by atoms with Crippen LogP contribution in [-0.2, 0) is 26.1 Å². The number of alkyl halides is 1. The number of fused-ring (bicyclic) bond motifs is 3. The highest BCUT2D eigenvalue weighted by Crippen LogP contribution is 2.29. The second-order valence-corrected chi connectivity index (χ2v) is 6.37. The molecule has 0 atom stereocenters. The molecular formula is C18H19FN4O2. The topological polar surface area (TPSA) is 74.2 Å². The fraction of sp³-hybridized carbons (Fsp3) is 0.333. The summed E-state index contributed by atoms with van der Waals surface area (Å²) in [6.45, 7) is 2.21. The minimum absolute atomic E-state index is 0.282. The number of aromatic carboxylic acids is 1. The van der Waals surface area contributed by atoms with Gasteiger partial charge >= 0.3 is 5.97 Å². The van der Waals surface area contributed by atoms with Crippen molar-refractivity contribution in [2.24, 2.45) is 0 Å². The van der Waals surface area contributed by atoms with Crippen LogP contribution in [0.15, 0.2) is 30.5 Å². The normalized spacial score (nSPS) is 14.8. The lowest BCUT2D eigenvalue weighted by molar-refractivity contribution is 0.0697. The summed E-state index contributed by atoms with van der Waals surface area (Å²) in [6.07, 6.45) is 2.69. The van der Waals surface area contributed by atoms with E-state index in [4.69, 9.17) is 0 Å². The SMILES string of the molecule is O=C(O)c1ccc2[nH]c3c(c2c1)CN(Cc1ccn(CCF)n1)CC3. The maximum atomic E-state index is 12.4. The number of carboxylic acids is 1. The molecule has 0 bridgehead atoms. The Kier molecular flexibility index (Phi) is 4.01. The minimum Gasteiger partial charge on any atom is -0.478 e. The van der Waals surface area contributed by atoms with Gasteiger partial charge in [0, 0.05) is 48.8 Å². The van der Waals surface area contributed by atoms with Gasteiger partial charge in [0.05, 0.1) is 17.8 Å². The fourth-order valence-corrected chi connectivity index (χ4v) is 3.47. The summed E-state index contributed by atoms with van der Waals surface area (Å²) in [6, 6.07) is 7.12. The van der Waals surface area contributed by atoms with Crippen molar-refractivity contribution in [3.8, 4) is 0 Å². The maximum Gasteiger partial charge on any atom is 0.335 e. The molecule has 0 radical (unpaired) electrons. The molecule has 0 amide bonds. The van der Waals surface area contributed by atoms with Crippen molar-refractivity contribution in [1.82, 2.24) is 19.7 Å². The molecule has 0 fully saturated rings. The van der Waals surface area contributed by atoms with Crippen molar-refractivity contribution in [1.29, 1.82) is 0 Å². The molecule has 2 aromatic heterocycles. The van der Waals surface area contributed by atoms with Gasteiger partial charge in [-0.3, -0.25) is 9.58 Å². The first-order valence-electron chi connectivity index (χ1n) is 8.31. The molecule has 4 rings (SSSR count). The molecule has 3 aromatic rings. The van der Waals surface area contributed by atoms with Crippen LogP contribution in [0.1, 0.15) is 27.3 Å². The summed E-state index contributed by atoms with van der Waals surface area (Å²) in [5.74, 6) is -0.914. The third-order valence-corrected chi connectivity index (χ3v) is 4.70. The molecule has 6 nitrogen and oxygen atoms in total. The van der Waals surface area contributed by atoms with E-state index >= 15 is 0 Å². The van der Waals surface area contributed by atoms with Crippen LogP contribution in [0, 0.1) is 0 Å². The highest BCUT2D eigenvalue weighted by molar-refractivity contribution is 5.95. The van der Waals surface area contributed by atoms with Crippen LogP contribution in [0.3, 0.4) is 0 Å². The zero-order valence-corrected chi connectivity index (χ0v) is 13.7. The smallest absolute Gasteiger partial charge is 0.335 e. The number of nitrogens with zero attached hydrogens (tertiary/aromatic N) is 3. The molecule has 1 aliphatic heterocycles. The summed E-state index contributed by atoms with van der Waals surface area (Å²) in [4.78, 5) is 16.9. The molecule has 0 aliphatic carbocycles. The third-order valence-electron chi connectivity index (χ3n) is 4.70. The van der Waals surface area contributed by atoms with Gasteiger partial charge in [-0.2, -0.15) is 5.10 Å². The molecule has 0 saturated heterocycles. The Bertz CT molecular complexity index is 930. The number of aryl methyl sites for hydroxylation is 1. The van der Waals surface area contributed by atoms with E-state index in [1.54, 1.807) is 23.0 Å². The number of carboxylic acid groups (broad SMARTS) is 1.